The molecule has 0 aliphatic rings. The second-order valence-corrected chi connectivity index (χ2v) is 8.16. The number of likely N-dealkylation sites (N-methyl/N-ethyl adjacent to an activating group) is 1. The maximum Gasteiger partial charge on any atom is 0.270 e. The van der Waals surface area contributed by atoms with E-state index in [-0.39, 0.29) is 10.6 Å². The number of nitro groups is 1. The Morgan fingerprint density at radius 3 is 2.46 bits per heavy atom. The summed E-state index contributed by atoms with van der Waals surface area (Å²) in [6, 6.07) is 12.1. The quantitative estimate of drug-likeness (QED) is 0.430. The molecular weight excluding hydrogens is 384 g/mol. The van der Waals surface area contributed by atoms with Crippen LogP contribution in [0.15, 0.2) is 58.5 Å². The minimum Gasteiger partial charge on any atom is -0.272 e. The summed E-state index contributed by atoms with van der Waals surface area (Å²) in [6.07, 6.45) is 0. The average Bonchev–Trinajstić information content (AvgIpc) is 2.66. The van der Waals surface area contributed by atoms with Gasteiger partial charge in [-0.3, -0.25) is 14.9 Å². The van der Waals surface area contributed by atoms with Crippen molar-refractivity contribution in [2.24, 2.45) is 5.10 Å². The van der Waals surface area contributed by atoms with Gasteiger partial charge < -0.3 is 0 Å². The largest absolute Gasteiger partial charge is 0.272 e. The number of non-ortho nitro benzene ring substituents is 1. The summed E-state index contributed by atoms with van der Waals surface area (Å²) in [4.78, 5) is 22.5. The number of amides is 1. The van der Waals surface area contributed by atoms with Gasteiger partial charge in [0.15, 0.2) is 0 Å². The second-order valence-electron chi connectivity index (χ2n) is 6.11. The van der Waals surface area contributed by atoms with Crippen LogP contribution in [0.4, 0.5) is 5.69 Å². The van der Waals surface area contributed by atoms with Gasteiger partial charge in [0.2, 0.25) is 10.0 Å². The second kappa shape index (κ2) is 8.72. The highest BCUT2D eigenvalue weighted by molar-refractivity contribution is 7.89. The monoisotopic (exact) mass is 404 g/mol. The predicted octanol–water partition coefficient (Wildman–Crippen LogP) is 2.06. The molecule has 0 bridgehead atoms. The molecule has 0 aromatic heterocycles. The fourth-order valence-corrected chi connectivity index (χ4v) is 3.40. The van der Waals surface area contributed by atoms with Gasteiger partial charge in [0, 0.05) is 24.7 Å². The first-order valence-electron chi connectivity index (χ1n) is 8.22. The Morgan fingerprint density at radius 1 is 1.21 bits per heavy atom. The topological polar surface area (TPSA) is 122 Å². The van der Waals surface area contributed by atoms with Crippen LogP contribution in [-0.4, -0.2) is 42.9 Å². The van der Waals surface area contributed by atoms with Crippen LogP contribution < -0.4 is 5.43 Å². The zero-order valence-electron chi connectivity index (χ0n) is 15.6. The summed E-state index contributed by atoms with van der Waals surface area (Å²) in [5.74, 6) is -0.636. The molecule has 0 aliphatic carbocycles. The van der Waals surface area contributed by atoms with E-state index >= 15 is 0 Å². The number of carbonyl (C=O) groups excluding carboxylic acids is 1. The van der Waals surface area contributed by atoms with E-state index in [0.717, 1.165) is 9.87 Å². The Balaban J connectivity index is 2.04. The van der Waals surface area contributed by atoms with Crippen molar-refractivity contribution in [3.8, 4) is 0 Å². The molecule has 0 atom stereocenters. The van der Waals surface area contributed by atoms with Crippen LogP contribution in [0.25, 0.3) is 0 Å². The highest BCUT2D eigenvalue weighted by Crippen LogP contribution is 2.15. The van der Waals surface area contributed by atoms with Crippen LogP contribution in [0.5, 0.6) is 0 Å². The Morgan fingerprint density at radius 2 is 1.86 bits per heavy atom. The zero-order valence-corrected chi connectivity index (χ0v) is 16.4. The Bertz CT molecular complexity index is 1020. The van der Waals surface area contributed by atoms with Crippen molar-refractivity contribution >= 4 is 27.3 Å². The van der Waals surface area contributed by atoms with E-state index in [1.165, 1.54) is 37.4 Å². The molecule has 0 saturated heterocycles. The molecule has 2 rings (SSSR count). The lowest BCUT2D eigenvalue weighted by Crippen LogP contribution is -2.36. The van der Waals surface area contributed by atoms with Gasteiger partial charge in [0.1, 0.15) is 0 Å². The molecule has 0 saturated carbocycles. The van der Waals surface area contributed by atoms with Crippen LogP contribution in [0.2, 0.25) is 0 Å². The molecule has 9 nitrogen and oxygen atoms in total. The van der Waals surface area contributed by atoms with Gasteiger partial charge in [0.05, 0.1) is 22.1 Å². The number of carbonyl (C=O) groups is 1. The van der Waals surface area contributed by atoms with E-state index in [1.54, 1.807) is 25.1 Å². The zero-order chi connectivity index (χ0) is 20.9. The lowest BCUT2D eigenvalue weighted by molar-refractivity contribution is -0.384. The smallest absolute Gasteiger partial charge is 0.270 e. The number of benzene rings is 2. The van der Waals surface area contributed by atoms with Crippen LogP contribution in [0.3, 0.4) is 0 Å². The Labute approximate surface area is 162 Å². The number of aryl methyl sites for hydroxylation is 1. The summed E-state index contributed by atoms with van der Waals surface area (Å²) in [6.45, 7) is 2.99. The molecule has 1 amide bonds. The van der Waals surface area contributed by atoms with E-state index in [9.17, 15) is 23.3 Å². The lowest BCUT2D eigenvalue weighted by Gasteiger charge is -2.16. The number of nitrogens with zero attached hydrogens (tertiary/aromatic N) is 3. The first-order chi connectivity index (χ1) is 13.1. The van der Waals surface area contributed by atoms with Gasteiger partial charge in [-0.25, -0.2) is 13.8 Å². The number of hydrazone groups is 1. The molecule has 0 aliphatic heterocycles. The molecule has 10 heteroatoms. The molecule has 0 spiro atoms. The summed E-state index contributed by atoms with van der Waals surface area (Å²) in [5, 5.41) is 14.7. The fourth-order valence-electron chi connectivity index (χ4n) is 2.27. The number of sulfonamides is 1. The maximum absolute atomic E-state index is 12.5. The number of rotatable bonds is 7. The van der Waals surface area contributed by atoms with Gasteiger partial charge in [-0.05, 0) is 26.0 Å². The third kappa shape index (κ3) is 5.21. The Hall–Kier alpha value is -3.11. The molecule has 28 heavy (non-hydrogen) atoms. The molecule has 0 unspecified atom stereocenters. The van der Waals surface area contributed by atoms with E-state index in [4.69, 9.17) is 0 Å². The van der Waals surface area contributed by atoms with Gasteiger partial charge in [-0.2, -0.15) is 9.41 Å². The minimum absolute atomic E-state index is 0.0877. The van der Waals surface area contributed by atoms with E-state index in [2.05, 4.69) is 10.5 Å². The maximum atomic E-state index is 12.5. The molecule has 0 radical (unpaired) electrons. The van der Waals surface area contributed by atoms with Gasteiger partial charge in [-0.1, -0.05) is 29.8 Å². The molecule has 0 fully saturated rings. The van der Waals surface area contributed by atoms with Crippen molar-refractivity contribution in [1.29, 1.82) is 0 Å². The number of hydrogen-bond donors (Lipinski definition) is 1. The first-order valence-corrected chi connectivity index (χ1v) is 9.66. The van der Waals surface area contributed by atoms with Crippen molar-refractivity contribution in [1.82, 2.24) is 9.73 Å². The highest BCUT2D eigenvalue weighted by atomic mass is 32.2. The van der Waals surface area contributed by atoms with E-state index in [1.807, 2.05) is 6.92 Å². The average molecular weight is 404 g/mol. The molecule has 148 valence electrons. The van der Waals surface area contributed by atoms with Gasteiger partial charge >= 0.3 is 0 Å². The molecule has 0 heterocycles. The number of nitro benzene ring substituents is 1. The van der Waals surface area contributed by atoms with Crippen LogP contribution in [0.1, 0.15) is 18.1 Å². The van der Waals surface area contributed by atoms with Gasteiger partial charge in [0.25, 0.3) is 11.6 Å². The van der Waals surface area contributed by atoms with Crippen molar-refractivity contribution < 1.29 is 18.1 Å². The predicted molar refractivity (Wildman–Crippen MR) is 104 cm³/mol. The highest BCUT2D eigenvalue weighted by Gasteiger charge is 2.22. The number of hydrogen-bond acceptors (Lipinski definition) is 6. The minimum atomic E-state index is -3.81. The van der Waals surface area contributed by atoms with Crippen LogP contribution in [0, 0.1) is 17.0 Å². The SMILES string of the molecule is C/C(=N/NC(=O)CN(C)S(=O)(=O)c1ccc(C)cc1)c1cccc([N+](=O)[O-])c1. The van der Waals surface area contributed by atoms with Crippen molar-refractivity contribution in [3.05, 3.63) is 69.8 Å². The van der Waals surface area contributed by atoms with Crippen molar-refractivity contribution in [2.75, 3.05) is 13.6 Å². The standard InChI is InChI=1S/C18H20N4O5S/c1-13-7-9-17(10-8-13)28(26,27)21(3)12-18(23)20-19-14(2)15-5-4-6-16(11-15)22(24)25/h4-11H,12H2,1-3H3,(H,20,23)/b19-14-. The third-order valence-electron chi connectivity index (χ3n) is 3.92. The van der Waals surface area contributed by atoms with Crippen LogP contribution >= 0.6 is 0 Å². The molecular formula is C18H20N4O5S. The Kier molecular flexibility index (Phi) is 6.60. The van der Waals surface area contributed by atoms with Crippen LogP contribution in [-0.2, 0) is 14.8 Å². The summed E-state index contributed by atoms with van der Waals surface area (Å²) in [7, 11) is -2.51. The van der Waals surface area contributed by atoms with Gasteiger partial charge in [-0.15, -0.1) is 0 Å². The summed E-state index contributed by atoms with van der Waals surface area (Å²) >= 11 is 0. The normalized spacial score (nSPS) is 12.1. The molecule has 1 N–H and O–H groups in total. The fraction of sp³-hybridized carbons (Fsp3) is 0.222. The van der Waals surface area contributed by atoms with E-state index < -0.39 is 27.4 Å². The molecule has 2 aromatic rings. The lowest BCUT2D eigenvalue weighted by atomic mass is 10.1. The number of nitrogens with one attached hydrogen (secondary N) is 1. The summed E-state index contributed by atoms with van der Waals surface area (Å²) in [5.41, 5.74) is 3.91. The summed E-state index contributed by atoms with van der Waals surface area (Å²) < 4.78 is 25.9. The van der Waals surface area contributed by atoms with Crippen molar-refractivity contribution in [3.63, 3.8) is 0 Å². The van der Waals surface area contributed by atoms with E-state index in [0.29, 0.717) is 11.3 Å². The molecule has 2 aromatic carbocycles. The first kappa shape index (κ1) is 21.2. The third-order valence-corrected chi connectivity index (χ3v) is 5.74. The van der Waals surface area contributed by atoms with Crippen molar-refractivity contribution in [2.45, 2.75) is 18.7 Å².